The van der Waals surface area contributed by atoms with Crippen LogP contribution in [0.25, 0.3) is 0 Å². The first-order chi connectivity index (χ1) is 17.0. The number of carbonyl (C=O) groups is 2. The predicted molar refractivity (Wildman–Crippen MR) is 143 cm³/mol. The lowest BCUT2D eigenvalue weighted by Gasteiger charge is -2.46. The molecule has 0 spiro atoms. The van der Waals surface area contributed by atoms with Crippen molar-refractivity contribution >= 4 is 30.6 Å². The molecule has 6 nitrogen and oxygen atoms in total. The largest absolute Gasteiger partial charge is 0.462 e. The summed E-state index contributed by atoms with van der Waals surface area (Å²) in [6.07, 6.45) is -0.534. The van der Waals surface area contributed by atoms with Gasteiger partial charge < -0.3 is 18.6 Å². The van der Waals surface area contributed by atoms with E-state index in [1.54, 1.807) is 0 Å². The summed E-state index contributed by atoms with van der Waals surface area (Å²) in [5.74, 6) is -1.08. The van der Waals surface area contributed by atoms with Crippen LogP contribution in [0.3, 0.4) is 0 Å². The van der Waals surface area contributed by atoms with E-state index in [2.05, 4.69) is 76.2 Å². The lowest BCUT2D eigenvalue weighted by molar-refractivity contribution is -0.191. The molecule has 3 rings (SSSR count). The van der Waals surface area contributed by atoms with E-state index >= 15 is 0 Å². The van der Waals surface area contributed by atoms with Crippen molar-refractivity contribution in [2.75, 3.05) is 0 Å². The summed E-state index contributed by atoms with van der Waals surface area (Å²) >= 11 is 0. The summed E-state index contributed by atoms with van der Waals surface area (Å²) in [5.41, 5.74) is 0. The van der Waals surface area contributed by atoms with Gasteiger partial charge >= 0.3 is 11.9 Å². The van der Waals surface area contributed by atoms with Gasteiger partial charge in [0.05, 0.1) is 18.1 Å². The number of carbonyl (C=O) groups excluding carboxylic acids is 2. The van der Waals surface area contributed by atoms with Gasteiger partial charge in [-0.25, -0.2) is 0 Å². The van der Waals surface area contributed by atoms with Crippen molar-refractivity contribution in [1.29, 1.82) is 0 Å². The number of hydrogen-bond acceptors (Lipinski definition) is 6. The molecular formula is C29H40O6Si. The molecule has 0 radical (unpaired) electrons. The van der Waals surface area contributed by atoms with Crippen LogP contribution in [-0.2, 0) is 28.2 Å². The molecule has 1 aliphatic heterocycles. The highest BCUT2D eigenvalue weighted by molar-refractivity contribution is 6.99. The van der Waals surface area contributed by atoms with Crippen LogP contribution < -0.4 is 10.4 Å². The Morgan fingerprint density at radius 1 is 0.972 bits per heavy atom. The van der Waals surface area contributed by atoms with Crippen LogP contribution >= 0.6 is 0 Å². The number of ether oxygens (including phenoxy) is 3. The number of hydrogen-bond donors (Lipinski definition) is 0. The molecule has 1 fully saturated rings. The van der Waals surface area contributed by atoms with Crippen LogP contribution in [0.4, 0.5) is 0 Å². The van der Waals surface area contributed by atoms with E-state index < -0.39 is 26.7 Å². The van der Waals surface area contributed by atoms with Gasteiger partial charge in [-0.3, -0.25) is 9.59 Å². The molecule has 1 heterocycles. The minimum atomic E-state index is -2.80. The third-order valence-electron chi connectivity index (χ3n) is 6.96. The maximum absolute atomic E-state index is 11.8. The molecule has 36 heavy (non-hydrogen) atoms. The Bertz CT molecular complexity index is 964. The summed E-state index contributed by atoms with van der Waals surface area (Å²) in [5, 5.41) is 2.21. The second-order valence-corrected chi connectivity index (χ2v) is 14.8. The maximum Gasteiger partial charge on any atom is 0.304 e. The van der Waals surface area contributed by atoms with Crippen molar-refractivity contribution < 1.29 is 28.2 Å². The zero-order valence-electron chi connectivity index (χ0n) is 22.5. The molecule has 0 amide bonds. The third-order valence-corrected chi connectivity index (χ3v) is 12.0. The average Bonchev–Trinajstić information content (AvgIpc) is 3.23. The van der Waals surface area contributed by atoms with Crippen molar-refractivity contribution in [3.8, 4) is 0 Å². The van der Waals surface area contributed by atoms with Crippen molar-refractivity contribution in [1.82, 2.24) is 0 Å². The quantitative estimate of drug-likeness (QED) is 0.362. The molecule has 5 atom stereocenters. The average molecular weight is 513 g/mol. The standard InChI is InChI=1S/C29H40O6Si/c1-8-26(27-19-25(20(2)32-21(3)30)28(34-27)33-22(4)31)35-36(29(5,6)7,23-15-11-9-12-16-23)24-17-13-10-14-18-24/h9-18,20,25-28H,8,19H2,1-7H3/t20?,25-,26?,27-,28?/m0/s1. The van der Waals surface area contributed by atoms with Crippen LogP contribution in [0.5, 0.6) is 0 Å². The van der Waals surface area contributed by atoms with Crippen LogP contribution in [0.2, 0.25) is 5.04 Å². The van der Waals surface area contributed by atoms with Crippen LogP contribution in [0.1, 0.15) is 61.3 Å². The van der Waals surface area contributed by atoms with Crippen LogP contribution in [-0.4, -0.2) is 44.9 Å². The molecule has 0 aromatic heterocycles. The summed E-state index contributed by atoms with van der Waals surface area (Å²) in [6.45, 7) is 13.4. The molecule has 2 aromatic rings. The van der Waals surface area contributed by atoms with Crippen molar-refractivity contribution in [3.05, 3.63) is 60.7 Å². The van der Waals surface area contributed by atoms with E-state index in [0.717, 1.165) is 6.42 Å². The second-order valence-electron chi connectivity index (χ2n) is 10.6. The Labute approximate surface area is 216 Å². The molecule has 0 N–H and O–H groups in total. The van der Waals surface area contributed by atoms with Gasteiger partial charge in [0.2, 0.25) is 6.29 Å². The van der Waals surface area contributed by atoms with Gasteiger partial charge in [-0.2, -0.15) is 0 Å². The summed E-state index contributed by atoms with van der Waals surface area (Å²) in [4.78, 5) is 23.5. The SMILES string of the molecule is CCC(O[Si](c1ccccc1)(c1ccccc1)C(C)(C)C)[C@@H]1C[C@@H](C(C)OC(C)=O)C(OC(C)=O)O1. The minimum Gasteiger partial charge on any atom is -0.462 e. The van der Waals surface area contributed by atoms with E-state index in [9.17, 15) is 9.59 Å². The molecule has 1 saturated heterocycles. The number of benzene rings is 2. The fraction of sp³-hybridized carbons (Fsp3) is 0.517. The summed E-state index contributed by atoms with van der Waals surface area (Å²) in [7, 11) is -2.80. The fourth-order valence-corrected chi connectivity index (χ4v) is 10.1. The van der Waals surface area contributed by atoms with E-state index in [1.807, 2.05) is 19.1 Å². The summed E-state index contributed by atoms with van der Waals surface area (Å²) in [6, 6.07) is 21.0. The fourth-order valence-electron chi connectivity index (χ4n) is 5.33. The Hall–Kier alpha value is -2.48. The second kappa shape index (κ2) is 11.7. The molecular weight excluding hydrogens is 472 g/mol. The van der Waals surface area contributed by atoms with Crippen LogP contribution in [0.15, 0.2) is 60.7 Å². The van der Waals surface area contributed by atoms with Gasteiger partial charge in [-0.15, -0.1) is 0 Å². The molecule has 0 aliphatic carbocycles. The molecule has 196 valence electrons. The van der Waals surface area contributed by atoms with Crippen molar-refractivity contribution in [3.63, 3.8) is 0 Å². The lowest BCUT2D eigenvalue weighted by atomic mass is 9.96. The number of esters is 2. The summed E-state index contributed by atoms with van der Waals surface area (Å²) < 4.78 is 24.7. The topological polar surface area (TPSA) is 71.1 Å². The Morgan fingerprint density at radius 3 is 1.92 bits per heavy atom. The first-order valence-corrected chi connectivity index (χ1v) is 14.7. The van der Waals surface area contributed by atoms with Gasteiger partial charge in [0, 0.05) is 13.8 Å². The van der Waals surface area contributed by atoms with E-state index in [-0.39, 0.29) is 29.1 Å². The van der Waals surface area contributed by atoms with Gasteiger partial charge in [0.25, 0.3) is 8.32 Å². The Balaban J connectivity index is 2.02. The first-order valence-electron chi connectivity index (χ1n) is 12.8. The zero-order valence-corrected chi connectivity index (χ0v) is 23.5. The highest BCUT2D eigenvalue weighted by Gasteiger charge is 2.53. The molecule has 0 saturated carbocycles. The van der Waals surface area contributed by atoms with Crippen molar-refractivity contribution in [2.45, 2.75) is 90.9 Å². The monoisotopic (exact) mass is 512 g/mol. The highest BCUT2D eigenvalue weighted by atomic mass is 28.4. The lowest BCUT2D eigenvalue weighted by Crippen LogP contribution is -2.68. The first kappa shape index (κ1) is 28.1. The van der Waals surface area contributed by atoms with Gasteiger partial charge in [0.1, 0.15) is 6.10 Å². The Morgan fingerprint density at radius 2 is 1.50 bits per heavy atom. The molecule has 2 aromatic carbocycles. The highest BCUT2D eigenvalue weighted by Crippen LogP contribution is 2.41. The Kier molecular flexibility index (Phi) is 9.14. The zero-order chi connectivity index (χ0) is 26.5. The minimum absolute atomic E-state index is 0.179. The van der Waals surface area contributed by atoms with E-state index in [0.29, 0.717) is 6.42 Å². The van der Waals surface area contributed by atoms with Gasteiger partial charge in [-0.05, 0) is 35.2 Å². The van der Waals surface area contributed by atoms with Gasteiger partial charge in [-0.1, -0.05) is 88.4 Å². The van der Waals surface area contributed by atoms with Crippen LogP contribution in [0, 0.1) is 5.92 Å². The van der Waals surface area contributed by atoms with Gasteiger partial charge in [0.15, 0.2) is 0 Å². The van der Waals surface area contributed by atoms with Crippen molar-refractivity contribution in [2.24, 2.45) is 5.92 Å². The van der Waals surface area contributed by atoms with E-state index in [1.165, 1.54) is 24.2 Å². The molecule has 0 bridgehead atoms. The predicted octanol–water partition coefficient (Wildman–Crippen LogP) is 4.59. The molecule has 3 unspecified atom stereocenters. The maximum atomic E-state index is 11.8. The molecule has 1 aliphatic rings. The third kappa shape index (κ3) is 6.07. The number of rotatable bonds is 9. The van der Waals surface area contributed by atoms with E-state index in [4.69, 9.17) is 18.6 Å². The normalized spacial score (nSPS) is 22.0. The molecule has 7 heteroatoms. The smallest absolute Gasteiger partial charge is 0.304 e.